The van der Waals surface area contributed by atoms with Crippen molar-refractivity contribution in [1.82, 2.24) is 0 Å². The van der Waals surface area contributed by atoms with Crippen molar-refractivity contribution in [1.29, 1.82) is 0 Å². The van der Waals surface area contributed by atoms with E-state index in [1.165, 1.54) is 29.2 Å². The quantitative estimate of drug-likeness (QED) is 0.549. The molecule has 1 amide bonds. The van der Waals surface area contributed by atoms with Crippen LogP contribution < -0.4 is 9.64 Å². The molecule has 0 aromatic heterocycles. The van der Waals surface area contributed by atoms with Gasteiger partial charge in [-0.15, -0.1) is 0 Å². The molecule has 23 heavy (non-hydrogen) atoms. The molecule has 2 aromatic carbocycles. The Morgan fingerprint density at radius 1 is 1.30 bits per heavy atom. The molecule has 3 rings (SSSR count). The Kier molecular flexibility index (Phi) is 4.23. The van der Waals surface area contributed by atoms with Crippen LogP contribution in [0.5, 0.6) is 5.75 Å². The van der Waals surface area contributed by atoms with E-state index < -0.39 is 11.0 Å². The molecular weight excluding hydrogens is 388 g/mol. The lowest BCUT2D eigenvalue weighted by Gasteiger charge is -2.18. The van der Waals surface area contributed by atoms with Crippen molar-refractivity contribution in [2.75, 3.05) is 11.4 Å². The number of ether oxygens (including phenoxy) is 1. The van der Waals surface area contributed by atoms with Crippen LogP contribution in [0, 0.1) is 10.1 Å². The Hall–Kier alpha value is -2.12. The first kappa shape index (κ1) is 15.8. The number of nitro groups is 1. The fourth-order valence-corrected chi connectivity index (χ4v) is 3.41. The minimum absolute atomic E-state index is 0.0655. The highest BCUT2D eigenvalue weighted by atomic mass is 79.9. The number of non-ortho nitro benzene ring substituents is 1. The van der Waals surface area contributed by atoms with E-state index in [0.717, 1.165) is 10.0 Å². The number of hydrogen-bond acceptors (Lipinski definition) is 4. The molecule has 0 saturated carbocycles. The van der Waals surface area contributed by atoms with Gasteiger partial charge in [-0.25, -0.2) is 4.79 Å². The Bertz CT molecular complexity index is 795. The van der Waals surface area contributed by atoms with E-state index in [0.29, 0.717) is 23.7 Å². The molecule has 0 spiro atoms. The summed E-state index contributed by atoms with van der Waals surface area (Å²) < 4.78 is 6.12. The Balaban J connectivity index is 1.79. The molecule has 1 aliphatic rings. The van der Waals surface area contributed by atoms with Gasteiger partial charge in [0.05, 0.1) is 15.6 Å². The highest BCUT2D eigenvalue weighted by molar-refractivity contribution is 9.10. The van der Waals surface area contributed by atoms with Crippen molar-refractivity contribution in [3.8, 4) is 5.75 Å². The fraction of sp³-hybridized carbons (Fsp3) is 0.133. The highest BCUT2D eigenvalue weighted by Crippen LogP contribution is 2.38. The van der Waals surface area contributed by atoms with E-state index in [4.69, 9.17) is 16.3 Å². The minimum Gasteiger partial charge on any atom is -0.410 e. The highest BCUT2D eigenvalue weighted by Gasteiger charge is 2.29. The van der Waals surface area contributed by atoms with Gasteiger partial charge in [-0.3, -0.25) is 15.0 Å². The molecule has 6 nitrogen and oxygen atoms in total. The van der Waals surface area contributed by atoms with Gasteiger partial charge in [-0.05, 0) is 36.2 Å². The lowest BCUT2D eigenvalue weighted by atomic mass is 10.2. The van der Waals surface area contributed by atoms with Gasteiger partial charge < -0.3 is 4.74 Å². The first-order chi connectivity index (χ1) is 11.0. The molecule has 118 valence electrons. The van der Waals surface area contributed by atoms with Crippen molar-refractivity contribution >= 4 is 45.0 Å². The summed E-state index contributed by atoms with van der Waals surface area (Å²) in [4.78, 5) is 23.9. The fourth-order valence-electron chi connectivity index (χ4n) is 2.43. The maximum absolute atomic E-state index is 12.3. The second-order valence-corrected chi connectivity index (χ2v) is 6.24. The lowest BCUT2D eigenvalue weighted by molar-refractivity contribution is -0.384. The van der Waals surface area contributed by atoms with E-state index in [1.54, 1.807) is 6.07 Å². The first-order valence-electron chi connectivity index (χ1n) is 6.67. The average molecular weight is 398 g/mol. The number of nitrogens with zero attached hydrogens (tertiary/aromatic N) is 2. The number of benzene rings is 2. The smallest absolute Gasteiger partial charge is 0.410 e. The van der Waals surface area contributed by atoms with E-state index in [-0.39, 0.29) is 11.4 Å². The van der Waals surface area contributed by atoms with Crippen LogP contribution in [0.15, 0.2) is 40.9 Å². The molecule has 0 fully saturated rings. The third kappa shape index (κ3) is 3.16. The number of halogens is 2. The molecule has 1 aliphatic heterocycles. The number of hydrogen-bond donors (Lipinski definition) is 0. The van der Waals surface area contributed by atoms with E-state index in [1.807, 2.05) is 6.07 Å². The molecule has 0 saturated heterocycles. The van der Waals surface area contributed by atoms with Gasteiger partial charge in [0.1, 0.15) is 5.75 Å². The number of carbonyl (C=O) groups excluding carboxylic acids is 1. The molecule has 0 bridgehead atoms. The third-order valence-corrected chi connectivity index (χ3v) is 4.20. The molecule has 2 aromatic rings. The van der Waals surface area contributed by atoms with Crippen molar-refractivity contribution in [2.45, 2.75) is 6.42 Å². The number of fused-ring (bicyclic) bond motifs is 1. The lowest BCUT2D eigenvalue weighted by Crippen LogP contribution is -2.32. The molecule has 8 heteroatoms. The van der Waals surface area contributed by atoms with Gasteiger partial charge in [0, 0.05) is 23.2 Å². The van der Waals surface area contributed by atoms with Crippen LogP contribution in [0.25, 0.3) is 0 Å². The summed E-state index contributed by atoms with van der Waals surface area (Å²) in [6.45, 7) is 0.470. The number of nitro benzene ring substituents is 1. The SMILES string of the molecule is O=C(Oc1ccc([N+](=O)[O-])cc1)N1CCc2cc(Br)cc(Cl)c21. The average Bonchev–Trinajstić information content (AvgIpc) is 2.91. The van der Waals surface area contributed by atoms with Crippen LogP contribution in [0.2, 0.25) is 5.02 Å². The van der Waals surface area contributed by atoms with Crippen LogP contribution >= 0.6 is 27.5 Å². The summed E-state index contributed by atoms with van der Waals surface area (Å²) in [5, 5.41) is 11.1. The van der Waals surface area contributed by atoms with Crippen LogP contribution in [-0.2, 0) is 6.42 Å². The zero-order chi connectivity index (χ0) is 16.6. The predicted molar refractivity (Wildman–Crippen MR) is 89.3 cm³/mol. The van der Waals surface area contributed by atoms with Gasteiger partial charge in [0.2, 0.25) is 0 Å². The molecule has 0 atom stereocenters. The van der Waals surface area contributed by atoms with E-state index in [9.17, 15) is 14.9 Å². The van der Waals surface area contributed by atoms with Crippen LogP contribution in [0.1, 0.15) is 5.56 Å². The maximum atomic E-state index is 12.3. The monoisotopic (exact) mass is 396 g/mol. The Morgan fingerprint density at radius 2 is 2.00 bits per heavy atom. The molecule has 0 unspecified atom stereocenters. The third-order valence-electron chi connectivity index (χ3n) is 3.45. The second kappa shape index (κ2) is 6.17. The Morgan fingerprint density at radius 3 is 2.65 bits per heavy atom. The van der Waals surface area contributed by atoms with Gasteiger partial charge in [0.25, 0.3) is 5.69 Å². The summed E-state index contributed by atoms with van der Waals surface area (Å²) in [6, 6.07) is 8.97. The summed E-state index contributed by atoms with van der Waals surface area (Å²) in [7, 11) is 0. The summed E-state index contributed by atoms with van der Waals surface area (Å²) in [6.07, 6.45) is 0.117. The predicted octanol–water partition coefficient (Wildman–Crippen LogP) is 4.57. The van der Waals surface area contributed by atoms with E-state index in [2.05, 4.69) is 15.9 Å². The van der Waals surface area contributed by atoms with Gasteiger partial charge in [-0.1, -0.05) is 27.5 Å². The minimum atomic E-state index is -0.568. The van der Waals surface area contributed by atoms with E-state index >= 15 is 0 Å². The number of amides is 1. The molecule has 0 radical (unpaired) electrons. The second-order valence-electron chi connectivity index (χ2n) is 4.92. The van der Waals surface area contributed by atoms with Crippen molar-refractivity contribution in [3.63, 3.8) is 0 Å². The standard InChI is InChI=1S/C15H10BrClN2O4/c16-10-7-9-5-6-18(14(9)13(17)8-10)15(20)23-12-3-1-11(2-4-12)19(21)22/h1-4,7-8H,5-6H2. The van der Waals surface area contributed by atoms with Crippen molar-refractivity contribution in [3.05, 3.63) is 61.6 Å². The normalized spacial score (nSPS) is 12.9. The number of carbonyl (C=O) groups is 1. The van der Waals surface area contributed by atoms with Crippen molar-refractivity contribution in [2.24, 2.45) is 0 Å². The van der Waals surface area contributed by atoms with Gasteiger partial charge in [-0.2, -0.15) is 0 Å². The topological polar surface area (TPSA) is 72.7 Å². The van der Waals surface area contributed by atoms with Crippen molar-refractivity contribution < 1.29 is 14.5 Å². The maximum Gasteiger partial charge on any atom is 0.419 e. The summed E-state index contributed by atoms with van der Waals surface area (Å²) >= 11 is 9.59. The van der Waals surface area contributed by atoms with Crippen LogP contribution in [0.4, 0.5) is 16.2 Å². The zero-order valence-electron chi connectivity index (χ0n) is 11.7. The largest absolute Gasteiger partial charge is 0.419 e. The summed E-state index contributed by atoms with van der Waals surface area (Å²) in [5.41, 5.74) is 1.54. The summed E-state index contributed by atoms with van der Waals surface area (Å²) in [5.74, 6) is 0.238. The molecule has 1 heterocycles. The number of rotatable bonds is 2. The van der Waals surface area contributed by atoms with Crippen LogP contribution in [0.3, 0.4) is 0 Å². The molecule has 0 aliphatic carbocycles. The molecular formula is C15H10BrClN2O4. The first-order valence-corrected chi connectivity index (χ1v) is 7.84. The van der Waals surface area contributed by atoms with Crippen LogP contribution in [-0.4, -0.2) is 17.6 Å². The molecule has 0 N–H and O–H groups in total. The zero-order valence-corrected chi connectivity index (χ0v) is 14.0. The van der Waals surface area contributed by atoms with Gasteiger partial charge >= 0.3 is 6.09 Å². The number of anilines is 1. The Labute approximate surface area is 144 Å². The van der Waals surface area contributed by atoms with Gasteiger partial charge in [0.15, 0.2) is 0 Å².